The van der Waals surface area contributed by atoms with E-state index in [0.29, 0.717) is 6.42 Å². The molecule has 0 radical (unpaired) electrons. The summed E-state index contributed by atoms with van der Waals surface area (Å²) in [6.07, 6.45) is 1.39. The summed E-state index contributed by atoms with van der Waals surface area (Å²) in [5.74, 6) is 0.0722. The van der Waals surface area contributed by atoms with Gasteiger partial charge in [0.25, 0.3) is 0 Å². The van der Waals surface area contributed by atoms with E-state index in [1.165, 1.54) is 0 Å². The molecule has 1 rings (SSSR count). The molecule has 0 aliphatic heterocycles. The minimum atomic E-state index is 0. The second-order valence-corrected chi connectivity index (χ2v) is 4.43. The number of nitrogens with one attached hydrogen (secondary N) is 2. The fraction of sp³-hybridized carbons (Fsp3) is 0.417. The van der Waals surface area contributed by atoms with Crippen molar-refractivity contribution in [1.82, 2.24) is 10.6 Å². The number of halogens is 2. The molecule has 0 aliphatic carbocycles. The summed E-state index contributed by atoms with van der Waals surface area (Å²) in [6, 6.07) is 7.79. The van der Waals surface area contributed by atoms with Crippen molar-refractivity contribution in [2.24, 2.45) is 0 Å². The molecule has 3 nitrogen and oxygen atoms in total. The fourth-order valence-corrected chi connectivity index (χ4v) is 1.80. The van der Waals surface area contributed by atoms with Crippen LogP contribution in [0.1, 0.15) is 12.0 Å². The van der Waals surface area contributed by atoms with Gasteiger partial charge in [-0.15, -0.1) is 12.4 Å². The minimum Gasteiger partial charge on any atom is -0.356 e. The van der Waals surface area contributed by atoms with Gasteiger partial charge in [0.05, 0.1) is 6.42 Å². The Morgan fingerprint density at radius 3 is 2.65 bits per heavy atom. The number of rotatable bonds is 6. The molecule has 17 heavy (non-hydrogen) atoms. The van der Waals surface area contributed by atoms with Crippen molar-refractivity contribution >= 4 is 34.2 Å². The zero-order valence-corrected chi connectivity index (χ0v) is 12.2. The fourth-order valence-electron chi connectivity index (χ4n) is 1.37. The number of benzene rings is 1. The van der Waals surface area contributed by atoms with Gasteiger partial charge in [-0.3, -0.25) is 4.79 Å². The molecule has 0 saturated carbocycles. The number of carbonyl (C=O) groups excluding carboxylic acids is 1. The normalized spacial score (nSPS) is 9.53. The summed E-state index contributed by atoms with van der Waals surface area (Å²) in [4.78, 5) is 11.6. The van der Waals surface area contributed by atoms with Crippen molar-refractivity contribution in [3.05, 3.63) is 34.3 Å². The Morgan fingerprint density at radius 1 is 1.29 bits per heavy atom. The Morgan fingerprint density at radius 2 is 2.00 bits per heavy atom. The molecule has 0 atom stereocenters. The average Bonchev–Trinajstić information content (AvgIpc) is 2.28. The summed E-state index contributed by atoms with van der Waals surface area (Å²) < 4.78 is 0.986. The Hall–Kier alpha value is -0.580. The second kappa shape index (κ2) is 9.45. The number of hydrogen-bond donors (Lipinski definition) is 2. The lowest BCUT2D eigenvalue weighted by atomic mass is 10.1. The molecule has 0 aromatic heterocycles. The van der Waals surface area contributed by atoms with Crippen LogP contribution in [-0.4, -0.2) is 26.0 Å². The van der Waals surface area contributed by atoms with Crippen LogP contribution < -0.4 is 10.6 Å². The molecule has 1 aromatic carbocycles. The third-order valence-electron chi connectivity index (χ3n) is 2.23. The third kappa shape index (κ3) is 6.66. The molecule has 0 unspecified atom stereocenters. The Bertz CT molecular complexity index is 347. The smallest absolute Gasteiger partial charge is 0.224 e. The first-order valence-electron chi connectivity index (χ1n) is 5.38. The van der Waals surface area contributed by atoms with E-state index in [9.17, 15) is 4.79 Å². The maximum absolute atomic E-state index is 11.6. The van der Waals surface area contributed by atoms with Crippen molar-refractivity contribution in [3.8, 4) is 0 Å². The maximum Gasteiger partial charge on any atom is 0.224 e. The van der Waals surface area contributed by atoms with E-state index < -0.39 is 0 Å². The SMILES string of the molecule is CNCCCNC(=O)Cc1ccccc1Br.Cl. The van der Waals surface area contributed by atoms with E-state index in [4.69, 9.17) is 0 Å². The maximum atomic E-state index is 11.6. The van der Waals surface area contributed by atoms with Gasteiger partial charge in [-0.1, -0.05) is 34.1 Å². The molecule has 0 fully saturated rings. The zero-order chi connectivity index (χ0) is 11.8. The van der Waals surface area contributed by atoms with Crippen LogP contribution in [0.15, 0.2) is 28.7 Å². The number of amides is 1. The monoisotopic (exact) mass is 320 g/mol. The third-order valence-corrected chi connectivity index (χ3v) is 3.01. The highest BCUT2D eigenvalue weighted by atomic mass is 79.9. The van der Waals surface area contributed by atoms with Crippen molar-refractivity contribution in [2.45, 2.75) is 12.8 Å². The van der Waals surface area contributed by atoms with Crippen molar-refractivity contribution in [2.75, 3.05) is 20.1 Å². The number of carbonyl (C=O) groups is 1. The summed E-state index contributed by atoms with van der Waals surface area (Å²) in [5, 5.41) is 5.93. The summed E-state index contributed by atoms with van der Waals surface area (Å²) in [6.45, 7) is 1.65. The van der Waals surface area contributed by atoms with Crippen LogP contribution in [0.4, 0.5) is 0 Å². The molecule has 5 heteroatoms. The van der Waals surface area contributed by atoms with E-state index in [1.54, 1.807) is 0 Å². The quantitative estimate of drug-likeness (QED) is 0.788. The lowest BCUT2D eigenvalue weighted by Gasteiger charge is -2.06. The standard InChI is InChI=1S/C12H17BrN2O.ClH/c1-14-7-4-8-15-12(16)9-10-5-2-3-6-11(10)13;/h2-3,5-6,14H,4,7-9H2,1H3,(H,15,16);1H. The van der Waals surface area contributed by atoms with Gasteiger partial charge in [-0.05, 0) is 31.6 Å². The van der Waals surface area contributed by atoms with E-state index in [0.717, 1.165) is 29.5 Å². The second-order valence-electron chi connectivity index (χ2n) is 3.58. The molecular formula is C12H18BrClN2O. The minimum absolute atomic E-state index is 0. The van der Waals surface area contributed by atoms with Gasteiger partial charge in [0.1, 0.15) is 0 Å². The van der Waals surface area contributed by atoms with Crippen molar-refractivity contribution in [1.29, 1.82) is 0 Å². The van der Waals surface area contributed by atoms with Gasteiger partial charge >= 0.3 is 0 Å². The summed E-state index contributed by atoms with van der Waals surface area (Å²) >= 11 is 3.43. The van der Waals surface area contributed by atoms with Crippen LogP contribution in [0.25, 0.3) is 0 Å². The Balaban J connectivity index is 0.00000256. The largest absolute Gasteiger partial charge is 0.356 e. The molecule has 2 N–H and O–H groups in total. The summed E-state index contributed by atoms with van der Waals surface area (Å²) in [5.41, 5.74) is 1.02. The van der Waals surface area contributed by atoms with Gasteiger partial charge in [-0.25, -0.2) is 0 Å². The van der Waals surface area contributed by atoms with E-state index in [1.807, 2.05) is 31.3 Å². The van der Waals surface area contributed by atoms with Gasteiger partial charge < -0.3 is 10.6 Å². The highest BCUT2D eigenvalue weighted by Gasteiger charge is 2.04. The van der Waals surface area contributed by atoms with Gasteiger partial charge in [0, 0.05) is 11.0 Å². The van der Waals surface area contributed by atoms with Crippen LogP contribution in [0.2, 0.25) is 0 Å². The topological polar surface area (TPSA) is 41.1 Å². The predicted octanol–water partition coefficient (Wildman–Crippen LogP) is 2.14. The molecule has 0 heterocycles. The molecule has 0 aliphatic rings. The molecule has 1 aromatic rings. The first kappa shape index (κ1) is 16.4. The lowest BCUT2D eigenvalue weighted by molar-refractivity contribution is -0.120. The predicted molar refractivity (Wildman–Crippen MR) is 76.6 cm³/mol. The number of hydrogen-bond acceptors (Lipinski definition) is 2. The van der Waals surface area contributed by atoms with E-state index >= 15 is 0 Å². The summed E-state index contributed by atoms with van der Waals surface area (Å²) in [7, 11) is 1.91. The Kier molecular flexibility index (Phi) is 9.13. The first-order chi connectivity index (χ1) is 7.74. The van der Waals surface area contributed by atoms with Crippen LogP contribution in [-0.2, 0) is 11.2 Å². The zero-order valence-electron chi connectivity index (χ0n) is 9.83. The molecule has 96 valence electrons. The highest BCUT2D eigenvalue weighted by Crippen LogP contribution is 2.15. The molecule has 0 saturated heterocycles. The molecule has 1 amide bonds. The average molecular weight is 322 g/mol. The van der Waals surface area contributed by atoms with Crippen molar-refractivity contribution < 1.29 is 4.79 Å². The Labute approximate surface area is 117 Å². The van der Waals surface area contributed by atoms with Crippen LogP contribution in [0.3, 0.4) is 0 Å². The molecule has 0 bridgehead atoms. The van der Waals surface area contributed by atoms with Crippen LogP contribution in [0, 0.1) is 0 Å². The van der Waals surface area contributed by atoms with E-state index in [2.05, 4.69) is 26.6 Å². The lowest BCUT2D eigenvalue weighted by Crippen LogP contribution is -2.28. The van der Waals surface area contributed by atoms with Gasteiger partial charge in [-0.2, -0.15) is 0 Å². The molecular weight excluding hydrogens is 304 g/mol. The van der Waals surface area contributed by atoms with Crippen LogP contribution >= 0.6 is 28.3 Å². The van der Waals surface area contributed by atoms with E-state index in [-0.39, 0.29) is 18.3 Å². The van der Waals surface area contributed by atoms with Crippen molar-refractivity contribution in [3.63, 3.8) is 0 Å². The molecule has 0 spiro atoms. The van der Waals surface area contributed by atoms with Crippen LogP contribution in [0.5, 0.6) is 0 Å². The van der Waals surface area contributed by atoms with Gasteiger partial charge in [0.15, 0.2) is 0 Å². The van der Waals surface area contributed by atoms with Gasteiger partial charge in [0.2, 0.25) is 5.91 Å². The highest BCUT2D eigenvalue weighted by molar-refractivity contribution is 9.10. The first-order valence-corrected chi connectivity index (χ1v) is 6.18.